The maximum Gasteiger partial charge on any atom is 0.165 e. The molecule has 0 aliphatic heterocycles. The molecule has 33 heavy (non-hydrogen) atoms. The van der Waals surface area contributed by atoms with E-state index in [0.29, 0.717) is 36.9 Å². The zero-order chi connectivity index (χ0) is 23.2. The lowest BCUT2D eigenvalue weighted by Gasteiger charge is -2.36. The minimum atomic E-state index is -1.29. The van der Waals surface area contributed by atoms with Gasteiger partial charge in [0.25, 0.3) is 0 Å². The summed E-state index contributed by atoms with van der Waals surface area (Å²) in [4.78, 5) is 17.3. The largest absolute Gasteiger partial charge is 0.396 e. The van der Waals surface area contributed by atoms with Crippen LogP contribution in [-0.2, 0) is 5.60 Å². The van der Waals surface area contributed by atoms with Gasteiger partial charge >= 0.3 is 0 Å². The van der Waals surface area contributed by atoms with E-state index >= 15 is 0 Å². The fraction of sp³-hybridized carbons (Fsp3) is 0.333. The second-order valence-corrected chi connectivity index (χ2v) is 8.74. The molecule has 5 rings (SSSR count). The van der Waals surface area contributed by atoms with E-state index in [0.717, 1.165) is 11.3 Å². The second kappa shape index (κ2) is 8.09. The molecule has 0 atom stereocenters. The number of carbonyl (C=O) groups excluding carboxylic acids is 1. The van der Waals surface area contributed by atoms with Gasteiger partial charge in [0.15, 0.2) is 11.4 Å². The second-order valence-electron chi connectivity index (χ2n) is 8.74. The lowest BCUT2D eigenvalue weighted by Crippen LogP contribution is -2.35. The van der Waals surface area contributed by atoms with Crippen molar-refractivity contribution in [3.8, 4) is 16.8 Å². The van der Waals surface area contributed by atoms with Gasteiger partial charge < -0.3 is 15.9 Å². The van der Waals surface area contributed by atoms with Gasteiger partial charge in [0.1, 0.15) is 11.4 Å². The van der Waals surface area contributed by atoms with Crippen molar-refractivity contribution < 1.29 is 15.0 Å². The number of aromatic nitrogens is 5. The van der Waals surface area contributed by atoms with E-state index < -0.39 is 5.60 Å². The highest BCUT2D eigenvalue weighted by atomic mass is 16.3. The zero-order valence-electron chi connectivity index (χ0n) is 18.3. The van der Waals surface area contributed by atoms with E-state index in [1.807, 2.05) is 36.5 Å². The number of carbonyl (C=O) groups is 1. The van der Waals surface area contributed by atoms with Gasteiger partial charge in [0, 0.05) is 23.9 Å². The van der Waals surface area contributed by atoms with Crippen molar-refractivity contribution >= 4 is 17.2 Å². The van der Waals surface area contributed by atoms with Gasteiger partial charge in [-0.1, -0.05) is 18.2 Å². The van der Waals surface area contributed by atoms with Crippen LogP contribution in [0.4, 0.5) is 5.82 Å². The third-order valence-corrected chi connectivity index (χ3v) is 6.58. The number of nitrogens with two attached hydrogens (primary N) is 1. The van der Waals surface area contributed by atoms with E-state index in [2.05, 4.69) is 10.2 Å². The van der Waals surface area contributed by atoms with Crippen LogP contribution in [0.25, 0.3) is 22.5 Å². The van der Waals surface area contributed by atoms with Gasteiger partial charge in [-0.05, 0) is 50.7 Å². The Kier molecular flexibility index (Phi) is 5.22. The van der Waals surface area contributed by atoms with Crippen LogP contribution >= 0.6 is 0 Å². The summed E-state index contributed by atoms with van der Waals surface area (Å²) in [5.74, 6) is 0.0203. The molecule has 1 aliphatic carbocycles. The van der Waals surface area contributed by atoms with Crippen molar-refractivity contribution in [3.05, 3.63) is 60.2 Å². The Morgan fingerprint density at radius 3 is 2.58 bits per heavy atom. The highest BCUT2D eigenvalue weighted by Crippen LogP contribution is 2.42. The van der Waals surface area contributed by atoms with Crippen molar-refractivity contribution in [1.29, 1.82) is 0 Å². The Hall–Kier alpha value is -3.56. The van der Waals surface area contributed by atoms with Crippen LogP contribution in [0.2, 0.25) is 0 Å². The first-order valence-corrected chi connectivity index (χ1v) is 11.0. The van der Waals surface area contributed by atoms with Crippen LogP contribution < -0.4 is 5.73 Å². The third kappa shape index (κ3) is 3.59. The van der Waals surface area contributed by atoms with Crippen LogP contribution in [0.5, 0.6) is 0 Å². The number of nitrogens with zero attached hydrogens (tertiary/aromatic N) is 5. The van der Waals surface area contributed by atoms with E-state index in [4.69, 9.17) is 10.7 Å². The Bertz CT molecular complexity index is 1320. The summed E-state index contributed by atoms with van der Waals surface area (Å²) >= 11 is 0. The van der Waals surface area contributed by atoms with Gasteiger partial charge in [-0.15, -0.1) is 0 Å². The summed E-state index contributed by atoms with van der Waals surface area (Å²) in [6, 6.07) is 9.74. The summed E-state index contributed by atoms with van der Waals surface area (Å²) in [5.41, 5.74) is 8.45. The van der Waals surface area contributed by atoms with Gasteiger partial charge in [0.2, 0.25) is 0 Å². The smallest absolute Gasteiger partial charge is 0.165 e. The summed E-state index contributed by atoms with van der Waals surface area (Å²) < 4.78 is 3.20. The summed E-state index contributed by atoms with van der Waals surface area (Å²) in [6.45, 7) is 1.50. The van der Waals surface area contributed by atoms with Crippen LogP contribution in [0, 0.1) is 5.92 Å². The minimum Gasteiger partial charge on any atom is -0.396 e. The molecule has 1 fully saturated rings. The lowest BCUT2D eigenvalue weighted by atomic mass is 9.76. The average molecular weight is 447 g/mol. The zero-order valence-corrected chi connectivity index (χ0v) is 18.3. The van der Waals surface area contributed by atoms with Gasteiger partial charge in [-0.3, -0.25) is 4.79 Å². The lowest BCUT2D eigenvalue weighted by molar-refractivity contribution is -0.0250. The Balaban J connectivity index is 1.64. The minimum absolute atomic E-state index is 0.0857. The molecular weight excluding hydrogens is 420 g/mol. The number of aliphatic hydroxyl groups excluding tert-OH is 1. The first-order valence-electron chi connectivity index (χ1n) is 11.0. The van der Waals surface area contributed by atoms with Crippen LogP contribution in [0.3, 0.4) is 0 Å². The van der Waals surface area contributed by atoms with E-state index in [9.17, 15) is 15.0 Å². The molecule has 0 spiro atoms. The van der Waals surface area contributed by atoms with Gasteiger partial charge in [-0.25, -0.2) is 9.67 Å². The fourth-order valence-corrected chi connectivity index (χ4v) is 4.66. The molecule has 4 N–H and O–H groups in total. The first-order chi connectivity index (χ1) is 15.9. The molecular formula is C24H26N6O3. The number of ketones is 1. The molecule has 1 aromatic carbocycles. The summed E-state index contributed by atoms with van der Waals surface area (Å²) in [5, 5.41) is 29.8. The predicted octanol–water partition coefficient (Wildman–Crippen LogP) is 2.74. The number of rotatable bonds is 5. The molecule has 1 aliphatic rings. The molecule has 0 saturated heterocycles. The molecule has 3 aromatic heterocycles. The van der Waals surface area contributed by atoms with E-state index in [-0.39, 0.29) is 35.4 Å². The monoisotopic (exact) mass is 446 g/mol. The van der Waals surface area contributed by atoms with Crippen molar-refractivity contribution in [3.63, 3.8) is 0 Å². The molecule has 3 heterocycles. The number of anilines is 1. The number of hydrogen-bond donors (Lipinski definition) is 3. The average Bonchev–Trinajstić information content (AvgIpc) is 3.47. The topological polar surface area (TPSA) is 132 Å². The summed E-state index contributed by atoms with van der Waals surface area (Å²) in [6.07, 6.45) is 7.34. The predicted molar refractivity (Wildman–Crippen MR) is 123 cm³/mol. The van der Waals surface area contributed by atoms with E-state index in [1.54, 1.807) is 17.1 Å². The molecule has 4 aromatic rings. The standard InChI is InChI=1S/C24H26N6O3/c1-15(32)20-21(24(33)9-7-16(14-31)8-10-24)28-23-19(12-27-30(23)22(20)25)17-11-26-29(13-17)18-5-3-2-4-6-18/h2-6,11-13,16,31,33H,7-10,14,25H2,1H3. The number of Topliss-reactive ketones (excluding diaryl/α,β-unsaturated/α-hetero) is 1. The molecule has 170 valence electrons. The van der Waals surface area contributed by atoms with Crippen LogP contribution in [-0.4, -0.2) is 47.0 Å². The van der Waals surface area contributed by atoms with Crippen LogP contribution in [0.1, 0.15) is 48.7 Å². The maximum absolute atomic E-state index is 12.5. The molecule has 0 unspecified atom stereocenters. The highest BCUT2D eigenvalue weighted by molar-refractivity contribution is 6.00. The van der Waals surface area contributed by atoms with Gasteiger partial charge in [-0.2, -0.15) is 14.7 Å². The van der Waals surface area contributed by atoms with Crippen molar-refractivity contribution in [2.45, 2.75) is 38.2 Å². The van der Waals surface area contributed by atoms with Crippen LogP contribution in [0.15, 0.2) is 48.9 Å². The number of nitrogen functional groups attached to an aromatic ring is 1. The normalized spacial score (nSPS) is 20.9. The quantitative estimate of drug-likeness (QED) is 0.402. The van der Waals surface area contributed by atoms with E-state index in [1.165, 1.54) is 11.4 Å². The van der Waals surface area contributed by atoms with Crippen molar-refractivity contribution in [2.24, 2.45) is 5.92 Å². The third-order valence-electron chi connectivity index (χ3n) is 6.58. The highest BCUT2D eigenvalue weighted by Gasteiger charge is 2.40. The number of para-hydroxylation sites is 1. The number of aliphatic hydroxyl groups is 2. The Morgan fingerprint density at radius 1 is 1.18 bits per heavy atom. The Morgan fingerprint density at radius 2 is 1.91 bits per heavy atom. The summed E-state index contributed by atoms with van der Waals surface area (Å²) in [7, 11) is 0. The van der Waals surface area contributed by atoms with Crippen molar-refractivity contribution in [1.82, 2.24) is 24.4 Å². The molecule has 1 saturated carbocycles. The number of fused-ring (bicyclic) bond motifs is 1. The molecule has 9 heteroatoms. The molecule has 0 radical (unpaired) electrons. The number of benzene rings is 1. The molecule has 9 nitrogen and oxygen atoms in total. The molecule has 0 amide bonds. The van der Waals surface area contributed by atoms with Crippen molar-refractivity contribution in [2.75, 3.05) is 12.3 Å². The SMILES string of the molecule is CC(=O)c1c(C2(O)CCC(CO)CC2)nc2c(-c3cnn(-c4ccccc4)c3)cnn2c1N. The maximum atomic E-state index is 12.5. The fourth-order valence-electron chi connectivity index (χ4n) is 4.66. The first kappa shape index (κ1) is 21.3. The molecule has 0 bridgehead atoms. The Labute approximate surface area is 190 Å². The number of hydrogen-bond acceptors (Lipinski definition) is 7. The van der Waals surface area contributed by atoms with Gasteiger partial charge in [0.05, 0.1) is 29.3 Å².